The van der Waals surface area contributed by atoms with Gasteiger partial charge in [-0.25, -0.2) is 14.3 Å². The van der Waals surface area contributed by atoms with E-state index in [4.69, 9.17) is 4.74 Å². The molecule has 1 unspecified atom stereocenters. The van der Waals surface area contributed by atoms with Gasteiger partial charge in [-0.15, -0.1) is 0 Å². The van der Waals surface area contributed by atoms with E-state index < -0.39 is 0 Å². The van der Waals surface area contributed by atoms with Crippen molar-refractivity contribution in [3.63, 3.8) is 0 Å². The molecule has 6 heteroatoms. The van der Waals surface area contributed by atoms with Crippen molar-refractivity contribution in [1.29, 1.82) is 0 Å². The van der Waals surface area contributed by atoms with Gasteiger partial charge in [-0.2, -0.15) is 5.10 Å². The maximum absolute atomic E-state index is 11.6. The zero-order valence-electron chi connectivity index (χ0n) is 13.3. The van der Waals surface area contributed by atoms with Crippen molar-refractivity contribution >= 4 is 11.6 Å². The molecule has 1 atom stereocenters. The van der Waals surface area contributed by atoms with Crippen molar-refractivity contribution < 1.29 is 9.53 Å². The first kappa shape index (κ1) is 15.0. The van der Waals surface area contributed by atoms with Crippen molar-refractivity contribution in [2.75, 3.05) is 20.2 Å². The standard InChI is InChI=1S/C16H22N4O2/c1-11(2)19-7-4-5-13(10-19)15-17-14-9-12(16(21)22-3)6-8-20(14)18-15/h6,8-9,11,13H,4-5,7,10H2,1-3H3. The van der Waals surface area contributed by atoms with E-state index in [9.17, 15) is 4.79 Å². The van der Waals surface area contributed by atoms with Crippen LogP contribution < -0.4 is 0 Å². The van der Waals surface area contributed by atoms with E-state index >= 15 is 0 Å². The third-order valence-electron chi connectivity index (χ3n) is 4.32. The molecule has 0 spiro atoms. The number of ether oxygens (including phenoxy) is 1. The molecule has 1 aliphatic rings. The zero-order valence-corrected chi connectivity index (χ0v) is 13.3. The molecule has 0 aliphatic carbocycles. The SMILES string of the molecule is COC(=O)c1ccn2nc(C3CCCN(C(C)C)C3)nc2c1. The number of nitrogens with zero attached hydrogens (tertiary/aromatic N) is 4. The van der Waals surface area contributed by atoms with Crippen molar-refractivity contribution in [3.8, 4) is 0 Å². The minimum Gasteiger partial charge on any atom is -0.465 e. The van der Waals surface area contributed by atoms with Gasteiger partial charge in [0.2, 0.25) is 0 Å². The average molecular weight is 302 g/mol. The van der Waals surface area contributed by atoms with Crippen LogP contribution in [0.1, 0.15) is 48.8 Å². The summed E-state index contributed by atoms with van der Waals surface area (Å²) < 4.78 is 6.48. The number of methoxy groups -OCH3 is 1. The second-order valence-electron chi connectivity index (χ2n) is 6.11. The van der Waals surface area contributed by atoms with Crippen LogP contribution in [0.2, 0.25) is 0 Å². The average Bonchev–Trinajstić information content (AvgIpc) is 2.97. The van der Waals surface area contributed by atoms with Crippen LogP contribution in [-0.4, -0.2) is 51.7 Å². The van der Waals surface area contributed by atoms with Gasteiger partial charge >= 0.3 is 5.97 Å². The van der Waals surface area contributed by atoms with Crippen molar-refractivity contribution in [2.45, 2.75) is 38.6 Å². The highest BCUT2D eigenvalue weighted by molar-refractivity contribution is 5.90. The quantitative estimate of drug-likeness (QED) is 0.813. The highest BCUT2D eigenvalue weighted by Gasteiger charge is 2.26. The van der Waals surface area contributed by atoms with E-state index in [1.54, 1.807) is 22.8 Å². The maximum atomic E-state index is 11.6. The first-order valence-corrected chi connectivity index (χ1v) is 7.77. The summed E-state index contributed by atoms with van der Waals surface area (Å²) in [7, 11) is 1.38. The second-order valence-corrected chi connectivity index (χ2v) is 6.11. The van der Waals surface area contributed by atoms with Gasteiger partial charge in [-0.3, -0.25) is 0 Å². The van der Waals surface area contributed by atoms with E-state index in [2.05, 4.69) is 28.8 Å². The fourth-order valence-electron chi connectivity index (χ4n) is 3.00. The molecule has 22 heavy (non-hydrogen) atoms. The number of fused-ring (bicyclic) bond motifs is 1. The van der Waals surface area contributed by atoms with Crippen molar-refractivity contribution in [2.24, 2.45) is 0 Å². The smallest absolute Gasteiger partial charge is 0.338 e. The van der Waals surface area contributed by atoms with Gasteiger partial charge < -0.3 is 9.64 Å². The Morgan fingerprint density at radius 2 is 2.27 bits per heavy atom. The van der Waals surface area contributed by atoms with E-state index in [0.29, 0.717) is 23.2 Å². The lowest BCUT2D eigenvalue weighted by atomic mass is 9.96. The number of carbonyl (C=O) groups excluding carboxylic acids is 1. The maximum Gasteiger partial charge on any atom is 0.338 e. The summed E-state index contributed by atoms with van der Waals surface area (Å²) in [6.45, 7) is 6.59. The monoisotopic (exact) mass is 302 g/mol. The molecule has 6 nitrogen and oxygen atoms in total. The van der Waals surface area contributed by atoms with Crippen molar-refractivity contribution in [3.05, 3.63) is 29.7 Å². The number of hydrogen-bond donors (Lipinski definition) is 0. The number of aromatic nitrogens is 3. The molecule has 0 bridgehead atoms. The predicted molar refractivity (Wildman–Crippen MR) is 83.0 cm³/mol. The Labute approximate surface area is 130 Å². The summed E-state index contributed by atoms with van der Waals surface area (Å²) in [5.74, 6) is 0.876. The van der Waals surface area contributed by atoms with E-state index in [1.165, 1.54) is 13.5 Å². The Kier molecular flexibility index (Phi) is 4.11. The van der Waals surface area contributed by atoms with E-state index in [0.717, 1.165) is 25.3 Å². The third-order valence-corrected chi connectivity index (χ3v) is 4.32. The summed E-state index contributed by atoms with van der Waals surface area (Å²) in [6.07, 6.45) is 4.05. The van der Waals surface area contributed by atoms with Crippen LogP contribution in [-0.2, 0) is 4.74 Å². The molecule has 118 valence electrons. The van der Waals surface area contributed by atoms with Gasteiger partial charge in [0.1, 0.15) is 0 Å². The highest BCUT2D eigenvalue weighted by atomic mass is 16.5. The molecule has 2 aromatic heterocycles. The molecule has 0 saturated carbocycles. The molecule has 0 aromatic carbocycles. The number of carbonyl (C=O) groups is 1. The molecule has 0 amide bonds. The number of esters is 1. The Balaban J connectivity index is 1.87. The summed E-state index contributed by atoms with van der Waals surface area (Å²) in [6, 6.07) is 3.98. The van der Waals surface area contributed by atoms with Crippen LogP contribution in [0, 0.1) is 0 Å². The molecule has 0 radical (unpaired) electrons. The zero-order chi connectivity index (χ0) is 15.7. The minimum absolute atomic E-state index is 0.351. The Hall–Kier alpha value is -1.95. The first-order chi connectivity index (χ1) is 10.6. The summed E-state index contributed by atoms with van der Waals surface area (Å²) in [4.78, 5) is 18.7. The lowest BCUT2D eigenvalue weighted by molar-refractivity contribution is 0.0600. The fourth-order valence-corrected chi connectivity index (χ4v) is 3.00. The van der Waals surface area contributed by atoms with Gasteiger partial charge in [-0.05, 0) is 45.4 Å². The van der Waals surface area contributed by atoms with Crippen LogP contribution in [0.5, 0.6) is 0 Å². The topological polar surface area (TPSA) is 59.7 Å². The van der Waals surface area contributed by atoms with Crippen LogP contribution in [0.15, 0.2) is 18.3 Å². The first-order valence-electron chi connectivity index (χ1n) is 7.77. The molecule has 0 N–H and O–H groups in total. The summed E-state index contributed by atoms with van der Waals surface area (Å²) >= 11 is 0. The number of likely N-dealkylation sites (tertiary alicyclic amines) is 1. The number of hydrogen-bond acceptors (Lipinski definition) is 5. The van der Waals surface area contributed by atoms with E-state index in [1.807, 2.05) is 0 Å². The van der Waals surface area contributed by atoms with Crippen LogP contribution >= 0.6 is 0 Å². The number of pyridine rings is 1. The molecular formula is C16H22N4O2. The normalized spacial score (nSPS) is 19.7. The van der Waals surface area contributed by atoms with Crippen LogP contribution in [0.4, 0.5) is 0 Å². The second kappa shape index (κ2) is 6.04. The summed E-state index contributed by atoms with van der Waals surface area (Å²) in [5.41, 5.74) is 1.20. The minimum atomic E-state index is -0.351. The van der Waals surface area contributed by atoms with Crippen LogP contribution in [0.25, 0.3) is 5.65 Å². The van der Waals surface area contributed by atoms with Crippen LogP contribution in [0.3, 0.4) is 0 Å². The molecule has 3 heterocycles. The molecule has 1 aliphatic heterocycles. The molecule has 3 rings (SSSR count). The van der Waals surface area contributed by atoms with Gasteiger partial charge in [0.05, 0.1) is 12.7 Å². The number of piperidine rings is 1. The Morgan fingerprint density at radius 1 is 1.45 bits per heavy atom. The molecule has 1 saturated heterocycles. The van der Waals surface area contributed by atoms with Gasteiger partial charge in [0.25, 0.3) is 0 Å². The Bertz CT molecular complexity index is 680. The van der Waals surface area contributed by atoms with Crippen molar-refractivity contribution in [1.82, 2.24) is 19.5 Å². The van der Waals surface area contributed by atoms with Gasteiger partial charge in [0.15, 0.2) is 11.5 Å². The third kappa shape index (κ3) is 2.83. The van der Waals surface area contributed by atoms with Gasteiger partial charge in [-0.1, -0.05) is 0 Å². The summed E-state index contributed by atoms with van der Waals surface area (Å²) in [5, 5.41) is 4.58. The van der Waals surface area contributed by atoms with Gasteiger partial charge in [0, 0.05) is 24.7 Å². The highest BCUT2D eigenvalue weighted by Crippen LogP contribution is 2.26. The molecule has 2 aromatic rings. The lowest BCUT2D eigenvalue weighted by Gasteiger charge is -2.34. The largest absolute Gasteiger partial charge is 0.465 e. The molecular weight excluding hydrogens is 280 g/mol. The Morgan fingerprint density at radius 3 is 3.00 bits per heavy atom. The number of rotatable bonds is 3. The lowest BCUT2D eigenvalue weighted by Crippen LogP contribution is -2.39. The predicted octanol–water partition coefficient (Wildman–Crippen LogP) is 2.10. The molecule has 1 fully saturated rings. The van der Waals surface area contributed by atoms with E-state index in [-0.39, 0.29) is 5.97 Å². The fraction of sp³-hybridized carbons (Fsp3) is 0.562.